The number of nitrogens with zero attached hydrogens (tertiary/aromatic N) is 4. The number of aromatic nitrogens is 3. The van der Waals surface area contributed by atoms with Crippen molar-refractivity contribution >= 4 is 17.7 Å². The molecule has 2 aromatic carbocycles. The van der Waals surface area contributed by atoms with Gasteiger partial charge in [-0.15, -0.1) is 10.2 Å². The summed E-state index contributed by atoms with van der Waals surface area (Å²) in [5, 5.41) is 8.46. The standard InChI is InChI=1S/C19H21N5OS/c1-13-9-11-15(12-10-13)17-21-22-19(24(17)20)26-16(18(25)23(2)3)14-7-5-4-6-8-14/h4-12,16H,20H2,1-3H3/t16-/m1/s1. The lowest BCUT2D eigenvalue weighted by atomic mass is 10.1. The summed E-state index contributed by atoms with van der Waals surface area (Å²) in [6.45, 7) is 2.02. The summed E-state index contributed by atoms with van der Waals surface area (Å²) >= 11 is 1.30. The van der Waals surface area contributed by atoms with Crippen molar-refractivity contribution in [1.29, 1.82) is 0 Å². The first-order valence-corrected chi connectivity index (χ1v) is 9.05. The van der Waals surface area contributed by atoms with Crippen LogP contribution in [0.3, 0.4) is 0 Å². The lowest BCUT2D eigenvalue weighted by Gasteiger charge is -2.20. The number of nitrogens with two attached hydrogens (primary N) is 1. The Morgan fingerprint density at radius 2 is 1.73 bits per heavy atom. The van der Waals surface area contributed by atoms with Crippen LogP contribution < -0.4 is 5.84 Å². The highest BCUT2D eigenvalue weighted by molar-refractivity contribution is 8.00. The zero-order chi connectivity index (χ0) is 18.7. The van der Waals surface area contributed by atoms with Crippen molar-refractivity contribution in [3.05, 3.63) is 65.7 Å². The number of hydrogen-bond donors (Lipinski definition) is 1. The Bertz CT molecular complexity index is 890. The van der Waals surface area contributed by atoms with Crippen molar-refractivity contribution < 1.29 is 4.79 Å². The van der Waals surface area contributed by atoms with Crippen LogP contribution in [0.15, 0.2) is 59.8 Å². The van der Waals surface area contributed by atoms with Gasteiger partial charge in [-0.1, -0.05) is 71.9 Å². The van der Waals surface area contributed by atoms with Gasteiger partial charge in [0.1, 0.15) is 5.25 Å². The highest BCUT2D eigenvalue weighted by atomic mass is 32.2. The van der Waals surface area contributed by atoms with E-state index >= 15 is 0 Å². The molecule has 0 bridgehead atoms. The molecule has 0 saturated carbocycles. The number of carbonyl (C=O) groups is 1. The Labute approximate surface area is 157 Å². The quantitative estimate of drug-likeness (QED) is 0.554. The van der Waals surface area contributed by atoms with Gasteiger partial charge in [-0.05, 0) is 12.5 Å². The molecule has 0 spiro atoms. The van der Waals surface area contributed by atoms with Crippen molar-refractivity contribution in [2.24, 2.45) is 0 Å². The molecule has 0 radical (unpaired) electrons. The van der Waals surface area contributed by atoms with Gasteiger partial charge < -0.3 is 10.7 Å². The number of hydrogen-bond acceptors (Lipinski definition) is 5. The van der Waals surface area contributed by atoms with Gasteiger partial charge in [-0.25, -0.2) is 4.68 Å². The first-order chi connectivity index (χ1) is 12.5. The third kappa shape index (κ3) is 3.72. The van der Waals surface area contributed by atoms with Crippen molar-refractivity contribution in [2.75, 3.05) is 19.9 Å². The van der Waals surface area contributed by atoms with E-state index in [0.717, 1.165) is 16.7 Å². The number of nitrogen functional groups attached to an aromatic ring is 1. The van der Waals surface area contributed by atoms with E-state index in [1.54, 1.807) is 19.0 Å². The lowest BCUT2D eigenvalue weighted by Crippen LogP contribution is -2.27. The number of amides is 1. The first-order valence-electron chi connectivity index (χ1n) is 8.17. The maximum Gasteiger partial charge on any atom is 0.240 e. The topological polar surface area (TPSA) is 77.0 Å². The number of thioether (sulfide) groups is 1. The van der Waals surface area contributed by atoms with Crippen LogP contribution in [0.2, 0.25) is 0 Å². The van der Waals surface area contributed by atoms with Gasteiger partial charge in [-0.3, -0.25) is 4.79 Å². The molecule has 1 atom stereocenters. The van der Waals surface area contributed by atoms with E-state index in [-0.39, 0.29) is 5.91 Å². The Morgan fingerprint density at radius 3 is 2.35 bits per heavy atom. The summed E-state index contributed by atoms with van der Waals surface area (Å²) in [5.41, 5.74) is 2.94. The zero-order valence-corrected chi connectivity index (χ0v) is 15.8. The second-order valence-electron chi connectivity index (χ2n) is 6.18. The smallest absolute Gasteiger partial charge is 0.240 e. The summed E-state index contributed by atoms with van der Waals surface area (Å²) in [7, 11) is 3.48. The number of likely N-dealkylation sites (N-methyl/N-ethyl adjacent to an activating group) is 1. The van der Waals surface area contributed by atoms with E-state index in [0.29, 0.717) is 11.0 Å². The molecule has 2 N–H and O–H groups in total. The van der Waals surface area contributed by atoms with Gasteiger partial charge in [0.2, 0.25) is 11.1 Å². The average molecular weight is 367 g/mol. The number of aryl methyl sites for hydroxylation is 1. The van der Waals surface area contributed by atoms with E-state index in [1.165, 1.54) is 16.4 Å². The molecule has 1 aromatic heterocycles. The maximum absolute atomic E-state index is 12.7. The fourth-order valence-electron chi connectivity index (χ4n) is 2.49. The predicted octanol–water partition coefficient (Wildman–Crippen LogP) is 2.89. The van der Waals surface area contributed by atoms with Crippen LogP contribution in [-0.2, 0) is 4.79 Å². The third-order valence-electron chi connectivity index (χ3n) is 3.96. The van der Waals surface area contributed by atoms with Crippen LogP contribution in [0.4, 0.5) is 0 Å². The van der Waals surface area contributed by atoms with Crippen LogP contribution in [-0.4, -0.2) is 39.8 Å². The summed E-state index contributed by atoms with van der Waals surface area (Å²) in [5.74, 6) is 6.76. The molecule has 7 heteroatoms. The highest BCUT2D eigenvalue weighted by Crippen LogP contribution is 2.36. The van der Waals surface area contributed by atoms with Gasteiger partial charge in [0.15, 0.2) is 5.82 Å². The van der Waals surface area contributed by atoms with Crippen LogP contribution in [0.1, 0.15) is 16.4 Å². The maximum atomic E-state index is 12.7. The predicted molar refractivity (Wildman–Crippen MR) is 104 cm³/mol. The van der Waals surface area contributed by atoms with Gasteiger partial charge in [-0.2, -0.15) is 0 Å². The van der Waals surface area contributed by atoms with Crippen LogP contribution in [0, 0.1) is 6.92 Å². The number of carbonyl (C=O) groups excluding carboxylic acids is 1. The Balaban J connectivity index is 1.93. The fraction of sp³-hybridized carbons (Fsp3) is 0.211. The second-order valence-corrected chi connectivity index (χ2v) is 7.26. The molecule has 26 heavy (non-hydrogen) atoms. The molecule has 3 aromatic rings. The van der Waals surface area contributed by atoms with Gasteiger partial charge >= 0.3 is 0 Å². The molecular formula is C19H21N5OS. The minimum Gasteiger partial charge on any atom is -0.348 e. The second kappa shape index (κ2) is 7.61. The molecule has 3 rings (SSSR count). The van der Waals surface area contributed by atoms with Crippen molar-refractivity contribution in [1.82, 2.24) is 19.8 Å². The average Bonchev–Trinajstić information content (AvgIpc) is 3.01. The summed E-state index contributed by atoms with van der Waals surface area (Å²) in [6, 6.07) is 17.5. The van der Waals surface area contributed by atoms with Crippen LogP contribution in [0.5, 0.6) is 0 Å². The van der Waals surface area contributed by atoms with E-state index < -0.39 is 5.25 Å². The molecule has 0 fully saturated rings. The first kappa shape index (κ1) is 18.0. The normalized spacial score (nSPS) is 12.0. The number of rotatable bonds is 5. The summed E-state index contributed by atoms with van der Waals surface area (Å²) in [4.78, 5) is 14.3. The molecule has 6 nitrogen and oxygen atoms in total. The van der Waals surface area contributed by atoms with E-state index in [4.69, 9.17) is 5.84 Å². The van der Waals surface area contributed by atoms with Crippen LogP contribution in [0.25, 0.3) is 11.4 Å². The van der Waals surface area contributed by atoms with Gasteiger partial charge in [0, 0.05) is 19.7 Å². The van der Waals surface area contributed by atoms with E-state index in [2.05, 4.69) is 10.2 Å². The molecule has 134 valence electrons. The highest BCUT2D eigenvalue weighted by Gasteiger charge is 2.26. The van der Waals surface area contributed by atoms with Crippen LogP contribution >= 0.6 is 11.8 Å². The lowest BCUT2D eigenvalue weighted by molar-refractivity contribution is -0.128. The monoisotopic (exact) mass is 367 g/mol. The van der Waals surface area contributed by atoms with Crippen molar-refractivity contribution in [3.63, 3.8) is 0 Å². The SMILES string of the molecule is Cc1ccc(-c2nnc(S[C@@H](C(=O)N(C)C)c3ccccc3)n2N)cc1. The Morgan fingerprint density at radius 1 is 1.08 bits per heavy atom. The van der Waals surface area contributed by atoms with Gasteiger partial charge in [0.05, 0.1) is 0 Å². The molecule has 0 saturated heterocycles. The molecular weight excluding hydrogens is 346 g/mol. The Kier molecular flexibility index (Phi) is 5.27. The molecule has 1 heterocycles. The molecule has 0 aliphatic rings. The van der Waals surface area contributed by atoms with E-state index in [1.807, 2.05) is 61.5 Å². The fourth-order valence-corrected chi connectivity index (χ4v) is 3.59. The minimum atomic E-state index is -0.441. The number of benzene rings is 2. The molecule has 0 unspecified atom stereocenters. The molecule has 0 aliphatic heterocycles. The third-order valence-corrected chi connectivity index (χ3v) is 5.16. The minimum absolute atomic E-state index is 0.0268. The van der Waals surface area contributed by atoms with Crippen molar-refractivity contribution in [3.8, 4) is 11.4 Å². The molecule has 1 amide bonds. The van der Waals surface area contributed by atoms with Crippen molar-refractivity contribution in [2.45, 2.75) is 17.3 Å². The molecule has 0 aliphatic carbocycles. The van der Waals surface area contributed by atoms with E-state index in [9.17, 15) is 4.79 Å². The summed E-state index contributed by atoms with van der Waals surface area (Å²) in [6.07, 6.45) is 0. The summed E-state index contributed by atoms with van der Waals surface area (Å²) < 4.78 is 1.44. The largest absolute Gasteiger partial charge is 0.348 e. The van der Waals surface area contributed by atoms with Gasteiger partial charge in [0.25, 0.3) is 0 Å². The Hall–Kier alpha value is -2.80. The zero-order valence-electron chi connectivity index (χ0n) is 15.0.